The topological polar surface area (TPSA) is 30.9 Å². The van der Waals surface area contributed by atoms with Crippen LogP contribution in [0.4, 0.5) is 0 Å². The van der Waals surface area contributed by atoms with Crippen molar-refractivity contribution >= 4 is 26.8 Å². The number of rotatable bonds is 3. The highest BCUT2D eigenvalue weighted by Gasteiger charge is 2.15. The Morgan fingerprint density at radius 2 is 1.94 bits per heavy atom. The highest BCUT2D eigenvalue weighted by molar-refractivity contribution is 9.10. The smallest absolute Gasteiger partial charge is 0.0485 e. The van der Waals surface area contributed by atoms with E-state index < -0.39 is 0 Å². The molecule has 0 aliphatic rings. The van der Waals surface area contributed by atoms with Gasteiger partial charge in [0.1, 0.15) is 0 Å². The Bertz CT molecular complexity index is 528. The van der Waals surface area contributed by atoms with Crippen molar-refractivity contribution in [2.45, 2.75) is 32.7 Å². The van der Waals surface area contributed by atoms with Crippen molar-refractivity contribution in [2.24, 2.45) is 5.73 Å². The zero-order valence-corrected chi connectivity index (χ0v) is 12.2. The fourth-order valence-corrected chi connectivity index (χ4v) is 2.68. The molecule has 92 valence electrons. The average molecular weight is 295 g/mol. The van der Waals surface area contributed by atoms with Gasteiger partial charge in [0, 0.05) is 39.6 Å². The van der Waals surface area contributed by atoms with Crippen LogP contribution in [0.2, 0.25) is 0 Å². The Morgan fingerprint density at radius 1 is 1.24 bits per heavy atom. The second kappa shape index (κ2) is 4.83. The van der Waals surface area contributed by atoms with Gasteiger partial charge in [-0.2, -0.15) is 0 Å². The van der Waals surface area contributed by atoms with E-state index in [1.807, 2.05) is 0 Å². The first kappa shape index (κ1) is 12.7. The van der Waals surface area contributed by atoms with Gasteiger partial charge in [-0.1, -0.05) is 22.9 Å². The molecule has 0 bridgehead atoms. The zero-order valence-electron chi connectivity index (χ0n) is 10.6. The van der Waals surface area contributed by atoms with E-state index in [1.54, 1.807) is 0 Å². The van der Waals surface area contributed by atoms with Gasteiger partial charge in [-0.3, -0.25) is 0 Å². The lowest BCUT2D eigenvalue weighted by atomic mass is 10.1. The Labute approximate surface area is 111 Å². The third-order valence-electron chi connectivity index (χ3n) is 3.21. The zero-order chi connectivity index (χ0) is 12.6. The molecule has 0 saturated carbocycles. The normalized spacial score (nSPS) is 13.5. The molecule has 0 aliphatic heterocycles. The van der Waals surface area contributed by atoms with E-state index in [2.05, 4.69) is 65.5 Å². The average Bonchev–Trinajstić information content (AvgIpc) is 2.66. The summed E-state index contributed by atoms with van der Waals surface area (Å²) in [6.45, 7) is 7.30. The van der Waals surface area contributed by atoms with E-state index in [0.29, 0.717) is 18.5 Å². The summed E-state index contributed by atoms with van der Waals surface area (Å²) in [5.74, 6) is 0.392. The van der Waals surface area contributed by atoms with Crippen LogP contribution in [-0.4, -0.2) is 11.1 Å². The molecule has 0 aliphatic carbocycles. The van der Waals surface area contributed by atoms with Crippen LogP contribution in [0.1, 0.15) is 38.4 Å². The first-order chi connectivity index (χ1) is 8.04. The molecule has 0 radical (unpaired) electrons. The lowest BCUT2D eigenvalue weighted by Gasteiger charge is -2.18. The maximum absolute atomic E-state index is 5.80. The van der Waals surface area contributed by atoms with Crippen LogP contribution in [0.3, 0.4) is 0 Å². The van der Waals surface area contributed by atoms with E-state index in [0.717, 1.165) is 4.47 Å². The van der Waals surface area contributed by atoms with Crippen LogP contribution in [0.5, 0.6) is 0 Å². The summed E-state index contributed by atoms with van der Waals surface area (Å²) in [6, 6.07) is 9.15. The maximum atomic E-state index is 5.80. The maximum Gasteiger partial charge on any atom is 0.0485 e. The predicted octanol–water partition coefficient (Wildman–Crippen LogP) is 4.05. The Morgan fingerprint density at radius 3 is 2.53 bits per heavy atom. The van der Waals surface area contributed by atoms with E-state index in [4.69, 9.17) is 5.73 Å². The van der Waals surface area contributed by atoms with Crippen LogP contribution in [-0.2, 0) is 0 Å². The van der Waals surface area contributed by atoms with Crippen molar-refractivity contribution in [1.29, 1.82) is 0 Å². The van der Waals surface area contributed by atoms with Crippen molar-refractivity contribution in [3.05, 3.63) is 34.4 Å². The monoisotopic (exact) mass is 294 g/mol. The van der Waals surface area contributed by atoms with E-state index in [9.17, 15) is 0 Å². The number of hydrogen-bond donors (Lipinski definition) is 1. The quantitative estimate of drug-likeness (QED) is 0.910. The largest absolute Gasteiger partial charge is 0.342 e. The van der Waals surface area contributed by atoms with Crippen molar-refractivity contribution in [3.63, 3.8) is 0 Å². The first-order valence-electron chi connectivity index (χ1n) is 6.05. The van der Waals surface area contributed by atoms with Gasteiger partial charge in [-0.15, -0.1) is 0 Å². The highest BCUT2D eigenvalue weighted by Crippen LogP contribution is 2.30. The van der Waals surface area contributed by atoms with Crippen molar-refractivity contribution < 1.29 is 0 Å². The fraction of sp³-hybridized carbons (Fsp3) is 0.429. The molecule has 1 atom stereocenters. The highest BCUT2D eigenvalue weighted by atomic mass is 79.9. The Kier molecular flexibility index (Phi) is 3.59. The van der Waals surface area contributed by atoms with Crippen molar-refractivity contribution in [3.8, 4) is 0 Å². The Hall–Kier alpha value is -0.800. The van der Waals surface area contributed by atoms with Crippen LogP contribution >= 0.6 is 15.9 Å². The van der Waals surface area contributed by atoms with Gasteiger partial charge in [-0.05, 0) is 38.1 Å². The number of nitrogens with zero attached hydrogens (tertiary/aromatic N) is 1. The summed E-state index contributed by atoms with van der Waals surface area (Å²) in [4.78, 5) is 0. The number of hydrogen-bond acceptors (Lipinski definition) is 1. The molecule has 0 amide bonds. The van der Waals surface area contributed by atoms with E-state index in [-0.39, 0.29) is 0 Å². The summed E-state index contributed by atoms with van der Waals surface area (Å²) in [5.41, 5.74) is 8.42. The molecule has 1 aromatic heterocycles. The van der Waals surface area contributed by atoms with Crippen LogP contribution in [0.25, 0.3) is 10.9 Å². The number of halogens is 1. The lowest BCUT2D eigenvalue weighted by molar-refractivity contribution is 0.567. The molecule has 17 heavy (non-hydrogen) atoms. The number of nitrogens with two attached hydrogens (primary N) is 1. The molecule has 0 saturated heterocycles. The third kappa shape index (κ3) is 2.26. The second-order valence-corrected chi connectivity index (χ2v) is 5.79. The molecular weight excluding hydrogens is 276 g/mol. The molecule has 2 aromatic rings. The minimum absolute atomic E-state index is 0.392. The molecule has 2 nitrogen and oxygen atoms in total. The third-order valence-corrected chi connectivity index (χ3v) is 3.70. The van der Waals surface area contributed by atoms with Gasteiger partial charge in [0.15, 0.2) is 0 Å². The molecular formula is C14H19BrN2. The van der Waals surface area contributed by atoms with Crippen molar-refractivity contribution in [1.82, 2.24) is 4.57 Å². The minimum Gasteiger partial charge on any atom is -0.342 e. The predicted molar refractivity (Wildman–Crippen MR) is 77.5 cm³/mol. The summed E-state index contributed by atoms with van der Waals surface area (Å²) >= 11 is 3.52. The van der Waals surface area contributed by atoms with Crippen LogP contribution in [0, 0.1) is 0 Å². The molecule has 1 aromatic carbocycles. The number of aromatic nitrogens is 1. The van der Waals surface area contributed by atoms with Crippen molar-refractivity contribution in [2.75, 3.05) is 6.54 Å². The van der Waals surface area contributed by atoms with Gasteiger partial charge >= 0.3 is 0 Å². The van der Waals surface area contributed by atoms with Crippen LogP contribution in [0.15, 0.2) is 28.7 Å². The van der Waals surface area contributed by atoms with Gasteiger partial charge in [0.25, 0.3) is 0 Å². The SMILES string of the molecule is CC(CN)c1cc2cc(Br)ccc2n1C(C)C. The number of benzene rings is 1. The second-order valence-electron chi connectivity index (χ2n) is 4.87. The molecule has 1 heterocycles. The molecule has 2 rings (SSSR count). The molecule has 0 fully saturated rings. The summed E-state index contributed by atoms with van der Waals surface area (Å²) in [7, 11) is 0. The van der Waals surface area contributed by atoms with E-state index >= 15 is 0 Å². The van der Waals surface area contributed by atoms with Gasteiger partial charge in [0.2, 0.25) is 0 Å². The summed E-state index contributed by atoms with van der Waals surface area (Å²) in [5, 5.41) is 1.28. The molecule has 1 unspecified atom stereocenters. The fourth-order valence-electron chi connectivity index (χ4n) is 2.31. The lowest BCUT2D eigenvalue weighted by Crippen LogP contribution is -2.14. The van der Waals surface area contributed by atoms with Crippen LogP contribution < -0.4 is 5.73 Å². The number of fused-ring (bicyclic) bond motifs is 1. The first-order valence-corrected chi connectivity index (χ1v) is 6.84. The molecule has 0 spiro atoms. The van der Waals surface area contributed by atoms with Gasteiger partial charge in [0.05, 0.1) is 0 Å². The summed E-state index contributed by atoms with van der Waals surface area (Å²) in [6.07, 6.45) is 0. The molecule has 3 heteroatoms. The molecule has 2 N–H and O–H groups in total. The Balaban J connectivity index is 2.70. The van der Waals surface area contributed by atoms with E-state index in [1.165, 1.54) is 16.6 Å². The summed E-state index contributed by atoms with van der Waals surface area (Å²) < 4.78 is 3.51. The minimum atomic E-state index is 0.392. The van der Waals surface area contributed by atoms with Gasteiger partial charge < -0.3 is 10.3 Å². The standard InChI is InChI=1S/C14H19BrN2/c1-9(2)17-13-5-4-12(15)6-11(13)7-14(17)10(3)8-16/h4-7,9-10H,8,16H2,1-3H3. The van der Waals surface area contributed by atoms with Gasteiger partial charge in [-0.25, -0.2) is 0 Å².